The molecule has 1 heterocycles. The Kier molecular flexibility index (Phi) is 5.60. The lowest BCUT2D eigenvalue weighted by molar-refractivity contribution is -0.131. The first-order valence-corrected chi connectivity index (χ1v) is 5.77. The standard InChI is InChI=1S/C11H22N2O/c1-12-8-7-11(14)13-9-5-3-2-4-6-10-13/h12H,2-10H2,1H3. The summed E-state index contributed by atoms with van der Waals surface area (Å²) in [6.07, 6.45) is 6.94. The van der Waals surface area contributed by atoms with Crippen LogP contribution in [0.2, 0.25) is 0 Å². The molecule has 14 heavy (non-hydrogen) atoms. The summed E-state index contributed by atoms with van der Waals surface area (Å²) in [5, 5.41) is 3.02. The van der Waals surface area contributed by atoms with E-state index in [1.807, 2.05) is 11.9 Å². The van der Waals surface area contributed by atoms with E-state index < -0.39 is 0 Å². The minimum atomic E-state index is 0.321. The van der Waals surface area contributed by atoms with Crippen LogP contribution in [0.1, 0.15) is 38.5 Å². The summed E-state index contributed by atoms with van der Waals surface area (Å²) in [7, 11) is 1.89. The van der Waals surface area contributed by atoms with Gasteiger partial charge in [-0.05, 0) is 19.9 Å². The number of likely N-dealkylation sites (tertiary alicyclic amines) is 1. The van der Waals surface area contributed by atoms with Gasteiger partial charge in [0, 0.05) is 26.1 Å². The van der Waals surface area contributed by atoms with Gasteiger partial charge in [0.05, 0.1) is 0 Å². The molecule has 0 unspecified atom stereocenters. The first kappa shape index (κ1) is 11.5. The highest BCUT2D eigenvalue weighted by Gasteiger charge is 2.13. The molecule has 1 aliphatic heterocycles. The number of carbonyl (C=O) groups is 1. The first-order valence-electron chi connectivity index (χ1n) is 5.77. The maximum Gasteiger partial charge on any atom is 0.223 e. The van der Waals surface area contributed by atoms with Crippen molar-refractivity contribution in [2.45, 2.75) is 38.5 Å². The molecule has 0 aromatic carbocycles. The number of amides is 1. The molecule has 1 amide bonds. The van der Waals surface area contributed by atoms with E-state index in [2.05, 4.69) is 5.32 Å². The van der Waals surface area contributed by atoms with E-state index in [-0.39, 0.29) is 0 Å². The van der Waals surface area contributed by atoms with Crippen LogP contribution in [-0.4, -0.2) is 37.5 Å². The second kappa shape index (κ2) is 6.82. The fraction of sp³-hybridized carbons (Fsp3) is 0.909. The molecule has 0 aliphatic carbocycles. The fourth-order valence-electron chi connectivity index (χ4n) is 1.89. The van der Waals surface area contributed by atoms with Gasteiger partial charge in [-0.25, -0.2) is 0 Å². The van der Waals surface area contributed by atoms with Crippen LogP contribution >= 0.6 is 0 Å². The van der Waals surface area contributed by atoms with Gasteiger partial charge >= 0.3 is 0 Å². The quantitative estimate of drug-likeness (QED) is 0.743. The Morgan fingerprint density at radius 3 is 2.29 bits per heavy atom. The lowest BCUT2D eigenvalue weighted by Gasteiger charge is -2.24. The Labute approximate surface area is 86.9 Å². The van der Waals surface area contributed by atoms with Gasteiger partial charge in [0.1, 0.15) is 0 Å². The van der Waals surface area contributed by atoms with Gasteiger partial charge in [-0.15, -0.1) is 0 Å². The van der Waals surface area contributed by atoms with Gasteiger partial charge in [-0.1, -0.05) is 19.3 Å². The summed E-state index contributed by atoms with van der Waals surface area (Å²) in [6, 6.07) is 0. The van der Waals surface area contributed by atoms with E-state index in [0.29, 0.717) is 12.3 Å². The first-order chi connectivity index (χ1) is 6.84. The molecule has 0 spiro atoms. The molecule has 0 radical (unpaired) electrons. The Morgan fingerprint density at radius 1 is 1.14 bits per heavy atom. The van der Waals surface area contributed by atoms with Gasteiger partial charge in [0.15, 0.2) is 0 Å². The highest BCUT2D eigenvalue weighted by Crippen LogP contribution is 2.10. The Hall–Kier alpha value is -0.570. The lowest BCUT2D eigenvalue weighted by atomic mass is 10.1. The molecule has 0 bridgehead atoms. The van der Waals surface area contributed by atoms with Crippen LogP contribution in [0.3, 0.4) is 0 Å². The van der Waals surface area contributed by atoms with Crippen LogP contribution in [0.4, 0.5) is 0 Å². The van der Waals surface area contributed by atoms with Crippen LogP contribution in [0.25, 0.3) is 0 Å². The van der Waals surface area contributed by atoms with Crippen LogP contribution in [-0.2, 0) is 4.79 Å². The average molecular weight is 198 g/mol. The van der Waals surface area contributed by atoms with Gasteiger partial charge < -0.3 is 10.2 Å². The van der Waals surface area contributed by atoms with E-state index in [1.165, 1.54) is 32.1 Å². The molecule has 1 aliphatic rings. The largest absolute Gasteiger partial charge is 0.343 e. The molecule has 1 rings (SSSR count). The molecule has 1 fully saturated rings. The van der Waals surface area contributed by atoms with Crippen molar-refractivity contribution >= 4 is 5.91 Å². The molecular weight excluding hydrogens is 176 g/mol. The maximum absolute atomic E-state index is 11.7. The molecule has 3 heteroatoms. The molecule has 82 valence electrons. The lowest BCUT2D eigenvalue weighted by Crippen LogP contribution is -2.35. The summed E-state index contributed by atoms with van der Waals surface area (Å²) in [5.41, 5.74) is 0. The second-order valence-corrected chi connectivity index (χ2v) is 4.00. The number of nitrogens with one attached hydrogen (secondary N) is 1. The highest BCUT2D eigenvalue weighted by atomic mass is 16.2. The molecule has 0 aromatic heterocycles. The van der Waals surface area contributed by atoms with Crippen molar-refractivity contribution in [3.63, 3.8) is 0 Å². The molecule has 0 aromatic rings. The second-order valence-electron chi connectivity index (χ2n) is 4.00. The van der Waals surface area contributed by atoms with Crippen molar-refractivity contribution in [3.05, 3.63) is 0 Å². The Bertz CT molecular complexity index is 163. The molecular formula is C11H22N2O. The molecule has 3 nitrogen and oxygen atoms in total. The van der Waals surface area contributed by atoms with E-state index in [0.717, 1.165) is 19.6 Å². The minimum Gasteiger partial charge on any atom is -0.343 e. The van der Waals surface area contributed by atoms with Crippen molar-refractivity contribution in [1.29, 1.82) is 0 Å². The predicted molar refractivity (Wildman–Crippen MR) is 58.2 cm³/mol. The maximum atomic E-state index is 11.7. The normalized spacial score (nSPS) is 18.8. The predicted octanol–water partition coefficient (Wildman–Crippen LogP) is 1.39. The van der Waals surface area contributed by atoms with Crippen LogP contribution in [0.5, 0.6) is 0 Å². The third-order valence-corrected chi connectivity index (χ3v) is 2.80. The molecule has 0 saturated carbocycles. The SMILES string of the molecule is CNCCC(=O)N1CCCCCCC1. The monoisotopic (exact) mass is 198 g/mol. The van der Waals surface area contributed by atoms with Crippen molar-refractivity contribution in [3.8, 4) is 0 Å². The summed E-state index contributed by atoms with van der Waals surface area (Å²) < 4.78 is 0. The zero-order valence-corrected chi connectivity index (χ0v) is 9.22. The Balaban J connectivity index is 2.27. The van der Waals surface area contributed by atoms with Gasteiger partial charge in [0.2, 0.25) is 5.91 Å². The van der Waals surface area contributed by atoms with Crippen LogP contribution in [0, 0.1) is 0 Å². The highest BCUT2D eigenvalue weighted by molar-refractivity contribution is 5.76. The zero-order chi connectivity index (χ0) is 10.2. The topological polar surface area (TPSA) is 32.3 Å². The van der Waals surface area contributed by atoms with Crippen LogP contribution < -0.4 is 5.32 Å². The van der Waals surface area contributed by atoms with Gasteiger partial charge in [-0.3, -0.25) is 4.79 Å². The number of rotatable bonds is 3. The minimum absolute atomic E-state index is 0.321. The van der Waals surface area contributed by atoms with E-state index in [4.69, 9.17) is 0 Å². The van der Waals surface area contributed by atoms with Crippen LogP contribution in [0.15, 0.2) is 0 Å². The third-order valence-electron chi connectivity index (χ3n) is 2.80. The molecule has 1 saturated heterocycles. The summed E-state index contributed by atoms with van der Waals surface area (Å²) >= 11 is 0. The average Bonchev–Trinajstić information content (AvgIpc) is 2.13. The fourth-order valence-corrected chi connectivity index (χ4v) is 1.89. The third kappa shape index (κ3) is 4.09. The zero-order valence-electron chi connectivity index (χ0n) is 9.22. The van der Waals surface area contributed by atoms with Crippen molar-refractivity contribution in [2.75, 3.05) is 26.7 Å². The van der Waals surface area contributed by atoms with Crippen molar-refractivity contribution < 1.29 is 4.79 Å². The number of hydrogen-bond acceptors (Lipinski definition) is 2. The number of hydrogen-bond donors (Lipinski definition) is 1. The Morgan fingerprint density at radius 2 is 1.71 bits per heavy atom. The number of nitrogens with zero attached hydrogens (tertiary/aromatic N) is 1. The van der Waals surface area contributed by atoms with Crippen molar-refractivity contribution in [1.82, 2.24) is 10.2 Å². The summed E-state index contributed by atoms with van der Waals surface area (Å²) in [4.78, 5) is 13.7. The number of carbonyl (C=O) groups excluding carboxylic acids is 1. The summed E-state index contributed by atoms with van der Waals surface area (Å²) in [5.74, 6) is 0.321. The van der Waals surface area contributed by atoms with E-state index in [1.54, 1.807) is 0 Å². The van der Waals surface area contributed by atoms with Gasteiger partial charge in [-0.2, -0.15) is 0 Å². The van der Waals surface area contributed by atoms with Gasteiger partial charge in [0.25, 0.3) is 0 Å². The molecule has 0 atom stereocenters. The smallest absolute Gasteiger partial charge is 0.223 e. The van der Waals surface area contributed by atoms with E-state index in [9.17, 15) is 4.79 Å². The summed E-state index contributed by atoms with van der Waals surface area (Å²) in [6.45, 7) is 2.75. The molecule has 1 N–H and O–H groups in total. The van der Waals surface area contributed by atoms with E-state index >= 15 is 0 Å². The van der Waals surface area contributed by atoms with Crippen molar-refractivity contribution in [2.24, 2.45) is 0 Å².